The predicted molar refractivity (Wildman–Crippen MR) is 95.1 cm³/mol. The quantitative estimate of drug-likeness (QED) is 0.804. The molecule has 1 aliphatic heterocycles. The van der Waals surface area contributed by atoms with Gasteiger partial charge in [-0.25, -0.2) is 0 Å². The maximum atomic E-state index is 5.34. The van der Waals surface area contributed by atoms with Gasteiger partial charge in [-0.2, -0.15) is 0 Å². The van der Waals surface area contributed by atoms with Gasteiger partial charge in [0.05, 0.1) is 7.11 Å². The number of piperidine rings is 1. The van der Waals surface area contributed by atoms with E-state index in [9.17, 15) is 0 Å². The van der Waals surface area contributed by atoms with E-state index in [0.29, 0.717) is 0 Å². The summed E-state index contributed by atoms with van der Waals surface area (Å²) in [6.07, 6.45) is 8.78. The Bertz CT molecular complexity index is 547. The second-order valence-electron chi connectivity index (χ2n) is 8.23. The van der Waals surface area contributed by atoms with E-state index in [1.165, 1.54) is 57.3 Å². The van der Waals surface area contributed by atoms with Crippen LogP contribution >= 0.6 is 0 Å². The zero-order valence-electron chi connectivity index (χ0n) is 14.8. The first-order valence-corrected chi connectivity index (χ1v) is 9.60. The third kappa shape index (κ3) is 3.15. The molecule has 0 spiro atoms. The Morgan fingerprint density at radius 3 is 2.52 bits per heavy atom. The molecular weight excluding hydrogens is 282 g/mol. The van der Waals surface area contributed by atoms with Gasteiger partial charge in [-0.15, -0.1) is 0 Å². The molecule has 1 aromatic carbocycles. The number of likely N-dealkylation sites (tertiary alicyclic amines) is 1. The molecule has 126 valence electrons. The van der Waals surface area contributed by atoms with E-state index in [4.69, 9.17) is 4.74 Å². The lowest BCUT2D eigenvalue weighted by atomic mass is 9.85. The van der Waals surface area contributed by atoms with Crippen LogP contribution in [-0.4, -0.2) is 31.6 Å². The van der Waals surface area contributed by atoms with Crippen molar-refractivity contribution in [1.29, 1.82) is 0 Å². The fraction of sp³-hybridized carbons (Fsp3) is 0.714. The first-order chi connectivity index (χ1) is 11.2. The number of methoxy groups -OCH3 is 1. The number of benzene rings is 1. The van der Waals surface area contributed by atoms with Gasteiger partial charge >= 0.3 is 0 Å². The normalized spacial score (nSPS) is 31.7. The van der Waals surface area contributed by atoms with Gasteiger partial charge in [-0.1, -0.05) is 12.5 Å². The van der Waals surface area contributed by atoms with Gasteiger partial charge < -0.3 is 9.64 Å². The highest BCUT2D eigenvalue weighted by atomic mass is 16.5. The third-order valence-electron chi connectivity index (χ3n) is 6.88. The van der Waals surface area contributed by atoms with Crippen molar-refractivity contribution in [3.8, 4) is 5.75 Å². The van der Waals surface area contributed by atoms with Crippen molar-refractivity contribution in [2.24, 2.45) is 17.8 Å². The van der Waals surface area contributed by atoms with Crippen LogP contribution in [0.1, 0.15) is 55.6 Å². The monoisotopic (exact) mass is 313 g/mol. The molecule has 0 radical (unpaired) electrons. The van der Waals surface area contributed by atoms with E-state index in [1.807, 2.05) is 0 Å². The SMILES string of the molecule is COc1ccc(C2CCN(CC3C[C@H]4CC[C@H]3C4)CC2)c(C)c1. The Labute approximate surface area is 141 Å². The summed E-state index contributed by atoms with van der Waals surface area (Å²) in [4.78, 5) is 2.76. The van der Waals surface area contributed by atoms with E-state index in [1.54, 1.807) is 19.1 Å². The second kappa shape index (κ2) is 6.47. The highest BCUT2D eigenvalue weighted by Gasteiger charge is 2.40. The molecule has 2 bridgehead atoms. The molecule has 2 aliphatic carbocycles. The van der Waals surface area contributed by atoms with Gasteiger partial charge in [0.1, 0.15) is 5.75 Å². The average Bonchev–Trinajstić information content (AvgIpc) is 3.18. The Morgan fingerprint density at radius 1 is 1.09 bits per heavy atom. The molecule has 2 nitrogen and oxygen atoms in total. The number of rotatable bonds is 4. The molecule has 4 rings (SSSR count). The average molecular weight is 313 g/mol. The van der Waals surface area contributed by atoms with Crippen LogP contribution < -0.4 is 4.74 Å². The van der Waals surface area contributed by atoms with Crippen molar-refractivity contribution in [2.45, 2.75) is 51.4 Å². The summed E-state index contributed by atoms with van der Waals surface area (Å²) in [5.41, 5.74) is 2.95. The number of nitrogens with zero attached hydrogens (tertiary/aromatic N) is 1. The maximum Gasteiger partial charge on any atom is 0.119 e. The topological polar surface area (TPSA) is 12.5 Å². The van der Waals surface area contributed by atoms with Gasteiger partial charge in [0.2, 0.25) is 0 Å². The molecule has 1 aromatic rings. The molecule has 0 aromatic heterocycles. The van der Waals surface area contributed by atoms with Crippen LogP contribution in [0.5, 0.6) is 5.75 Å². The lowest BCUT2D eigenvalue weighted by molar-refractivity contribution is 0.156. The summed E-state index contributed by atoms with van der Waals surface area (Å²) in [6, 6.07) is 6.62. The summed E-state index contributed by atoms with van der Waals surface area (Å²) in [7, 11) is 1.75. The van der Waals surface area contributed by atoms with Crippen LogP contribution in [0.15, 0.2) is 18.2 Å². The largest absolute Gasteiger partial charge is 0.497 e. The van der Waals surface area contributed by atoms with Gasteiger partial charge in [-0.3, -0.25) is 0 Å². The zero-order valence-corrected chi connectivity index (χ0v) is 14.8. The molecule has 3 aliphatic rings. The fourth-order valence-corrected chi connectivity index (χ4v) is 5.59. The molecule has 1 unspecified atom stereocenters. The minimum Gasteiger partial charge on any atom is -0.497 e. The fourth-order valence-electron chi connectivity index (χ4n) is 5.59. The van der Waals surface area contributed by atoms with Crippen LogP contribution in [-0.2, 0) is 0 Å². The molecule has 3 atom stereocenters. The molecule has 0 amide bonds. The van der Waals surface area contributed by atoms with Gasteiger partial charge in [0.25, 0.3) is 0 Å². The van der Waals surface area contributed by atoms with E-state index in [2.05, 4.69) is 30.0 Å². The lowest BCUT2D eigenvalue weighted by Gasteiger charge is -2.36. The summed E-state index contributed by atoms with van der Waals surface area (Å²) in [5.74, 6) is 4.91. The van der Waals surface area contributed by atoms with Gasteiger partial charge in [0, 0.05) is 6.54 Å². The summed E-state index contributed by atoms with van der Waals surface area (Å²) in [6.45, 7) is 6.21. The molecular formula is C21H31NO. The van der Waals surface area contributed by atoms with Crippen molar-refractivity contribution >= 4 is 0 Å². The van der Waals surface area contributed by atoms with Crippen molar-refractivity contribution in [1.82, 2.24) is 4.90 Å². The summed E-state index contributed by atoms with van der Waals surface area (Å²) < 4.78 is 5.34. The highest BCUT2D eigenvalue weighted by molar-refractivity contribution is 5.37. The Hall–Kier alpha value is -1.02. The molecule has 1 heterocycles. The zero-order chi connectivity index (χ0) is 15.8. The minimum atomic E-state index is 0.747. The van der Waals surface area contributed by atoms with Crippen LogP contribution in [0.2, 0.25) is 0 Å². The Morgan fingerprint density at radius 2 is 1.91 bits per heavy atom. The van der Waals surface area contributed by atoms with Crippen molar-refractivity contribution in [2.75, 3.05) is 26.7 Å². The van der Waals surface area contributed by atoms with Crippen molar-refractivity contribution in [3.63, 3.8) is 0 Å². The third-order valence-corrected chi connectivity index (χ3v) is 6.88. The molecule has 3 fully saturated rings. The summed E-state index contributed by atoms with van der Waals surface area (Å²) in [5, 5.41) is 0. The molecule has 2 heteroatoms. The molecule has 23 heavy (non-hydrogen) atoms. The minimum absolute atomic E-state index is 0.747. The number of aryl methyl sites for hydroxylation is 1. The molecule has 1 saturated heterocycles. The van der Waals surface area contributed by atoms with Crippen LogP contribution in [0.25, 0.3) is 0 Å². The van der Waals surface area contributed by atoms with Gasteiger partial charge in [-0.05, 0) is 99.0 Å². The Kier molecular flexibility index (Phi) is 4.36. The van der Waals surface area contributed by atoms with Crippen molar-refractivity contribution < 1.29 is 4.74 Å². The van der Waals surface area contributed by atoms with E-state index in [0.717, 1.165) is 29.4 Å². The van der Waals surface area contributed by atoms with Crippen LogP contribution in [0.4, 0.5) is 0 Å². The van der Waals surface area contributed by atoms with Crippen LogP contribution in [0, 0.1) is 24.7 Å². The predicted octanol–water partition coefficient (Wildman–Crippen LogP) is 4.62. The van der Waals surface area contributed by atoms with Gasteiger partial charge in [0.15, 0.2) is 0 Å². The Balaban J connectivity index is 1.32. The summed E-state index contributed by atoms with van der Waals surface area (Å²) >= 11 is 0. The first-order valence-electron chi connectivity index (χ1n) is 9.60. The molecule has 0 N–H and O–H groups in total. The number of fused-ring (bicyclic) bond motifs is 2. The van der Waals surface area contributed by atoms with E-state index < -0.39 is 0 Å². The van der Waals surface area contributed by atoms with E-state index >= 15 is 0 Å². The number of hydrogen-bond acceptors (Lipinski definition) is 2. The second-order valence-corrected chi connectivity index (χ2v) is 8.23. The smallest absolute Gasteiger partial charge is 0.119 e. The highest BCUT2D eigenvalue weighted by Crippen LogP contribution is 2.48. The molecule has 2 saturated carbocycles. The lowest BCUT2D eigenvalue weighted by Crippen LogP contribution is -2.37. The maximum absolute atomic E-state index is 5.34. The number of ether oxygens (including phenoxy) is 1. The number of hydrogen-bond donors (Lipinski definition) is 0. The first kappa shape index (κ1) is 15.5. The van der Waals surface area contributed by atoms with E-state index in [-0.39, 0.29) is 0 Å². The van der Waals surface area contributed by atoms with Crippen molar-refractivity contribution in [3.05, 3.63) is 29.3 Å². The standard InChI is InChI=1S/C21H31NO/c1-15-11-20(23-2)5-6-21(15)17-7-9-22(10-8-17)14-19-13-16-3-4-18(19)12-16/h5-6,11,16-19H,3-4,7-10,12-14H2,1-2H3/t16-,18-,19?/m0/s1. The van der Waals surface area contributed by atoms with Crippen LogP contribution in [0.3, 0.4) is 0 Å².